The highest BCUT2D eigenvalue weighted by molar-refractivity contribution is 5.97. The standard InChI is InChI=1S/C14H19NO/c1-3-4-10(2)14(16)11-5-6-12-8-15-9-13(12)7-11/h5-7,10,15H,3-4,8-9H2,1-2H3. The zero-order valence-corrected chi connectivity index (χ0v) is 10.0. The molecule has 0 radical (unpaired) electrons. The number of carbonyl (C=O) groups excluding carboxylic acids is 1. The van der Waals surface area contributed by atoms with Crippen molar-refractivity contribution in [3.05, 3.63) is 34.9 Å². The Morgan fingerprint density at radius 1 is 1.38 bits per heavy atom. The second-order valence-electron chi connectivity index (χ2n) is 4.64. The fraction of sp³-hybridized carbons (Fsp3) is 0.500. The van der Waals surface area contributed by atoms with Gasteiger partial charge < -0.3 is 5.32 Å². The van der Waals surface area contributed by atoms with E-state index in [0.717, 1.165) is 31.5 Å². The van der Waals surface area contributed by atoms with Crippen molar-refractivity contribution in [2.75, 3.05) is 0 Å². The zero-order valence-electron chi connectivity index (χ0n) is 10.0. The molecule has 0 spiro atoms. The Hall–Kier alpha value is -1.15. The van der Waals surface area contributed by atoms with Gasteiger partial charge >= 0.3 is 0 Å². The quantitative estimate of drug-likeness (QED) is 0.786. The Bertz CT molecular complexity index is 398. The normalized spacial score (nSPS) is 15.9. The van der Waals surface area contributed by atoms with E-state index in [9.17, 15) is 4.79 Å². The summed E-state index contributed by atoms with van der Waals surface area (Å²) in [7, 11) is 0. The molecular formula is C14H19NO. The highest BCUT2D eigenvalue weighted by Gasteiger charge is 2.17. The van der Waals surface area contributed by atoms with E-state index in [0.29, 0.717) is 0 Å². The van der Waals surface area contributed by atoms with Crippen LogP contribution in [0, 0.1) is 5.92 Å². The molecule has 1 N–H and O–H groups in total. The summed E-state index contributed by atoms with van der Waals surface area (Å²) in [4.78, 5) is 12.1. The molecule has 0 saturated carbocycles. The molecule has 1 unspecified atom stereocenters. The van der Waals surface area contributed by atoms with Crippen LogP contribution in [0.4, 0.5) is 0 Å². The van der Waals surface area contributed by atoms with Gasteiger partial charge in [0.25, 0.3) is 0 Å². The third-order valence-corrected chi connectivity index (χ3v) is 3.29. The molecule has 2 heteroatoms. The minimum Gasteiger partial charge on any atom is -0.309 e. The summed E-state index contributed by atoms with van der Waals surface area (Å²) in [6.07, 6.45) is 2.05. The summed E-state index contributed by atoms with van der Waals surface area (Å²) in [5.41, 5.74) is 3.50. The van der Waals surface area contributed by atoms with Crippen LogP contribution in [0.25, 0.3) is 0 Å². The van der Waals surface area contributed by atoms with E-state index < -0.39 is 0 Å². The number of hydrogen-bond donors (Lipinski definition) is 1. The molecule has 1 aromatic rings. The van der Waals surface area contributed by atoms with Crippen LogP contribution in [-0.2, 0) is 13.1 Å². The van der Waals surface area contributed by atoms with Crippen LogP contribution in [0.15, 0.2) is 18.2 Å². The monoisotopic (exact) mass is 217 g/mol. The van der Waals surface area contributed by atoms with E-state index >= 15 is 0 Å². The van der Waals surface area contributed by atoms with E-state index in [2.05, 4.69) is 24.4 Å². The first-order chi connectivity index (χ1) is 7.72. The van der Waals surface area contributed by atoms with E-state index in [1.165, 1.54) is 11.1 Å². The summed E-state index contributed by atoms with van der Waals surface area (Å²) in [6, 6.07) is 6.12. The summed E-state index contributed by atoms with van der Waals surface area (Å²) in [5, 5.41) is 3.30. The fourth-order valence-electron chi connectivity index (χ4n) is 2.30. The van der Waals surface area contributed by atoms with Gasteiger partial charge in [0.05, 0.1) is 0 Å². The molecule has 1 aliphatic heterocycles. The number of nitrogens with one attached hydrogen (secondary N) is 1. The van der Waals surface area contributed by atoms with E-state index in [4.69, 9.17) is 0 Å². The highest BCUT2D eigenvalue weighted by atomic mass is 16.1. The van der Waals surface area contributed by atoms with Crippen LogP contribution in [0.2, 0.25) is 0 Å². The van der Waals surface area contributed by atoms with Crippen LogP contribution in [0.5, 0.6) is 0 Å². The predicted molar refractivity (Wildman–Crippen MR) is 65.4 cm³/mol. The third-order valence-electron chi connectivity index (χ3n) is 3.29. The van der Waals surface area contributed by atoms with Gasteiger partial charge in [0.2, 0.25) is 0 Å². The molecule has 1 heterocycles. The van der Waals surface area contributed by atoms with Crippen molar-refractivity contribution >= 4 is 5.78 Å². The van der Waals surface area contributed by atoms with Crippen molar-refractivity contribution in [2.45, 2.75) is 39.8 Å². The first kappa shape index (κ1) is 11.3. The van der Waals surface area contributed by atoms with E-state index in [1.807, 2.05) is 13.0 Å². The maximum absolute atomic E-state index is 12.1. The van der Waals surface area contributed by atoms with Gasteiger partial charge in [0, 0.05) is 24.6 Å². The average Bonchev–Trinajstić information content (AvgIpc) is 2.75. The molecule has 1 atom stereocenters. The van der Waals surface area contributed by atoms with Gasteiger partial charge in [-0.25, -0.2) is 0 Å². The van der Waals surface area contributed by atoms with Crippen molar-refractivity contribution in [2.24, 2.45) is 5.92 Å². The minimum absolute atomic E-state index is 0.150. The molecule has 0 aliphatic carbocycles. The lowest BCUT2D eigenvalue weighted by Crippen LogP contribution is -2.11. The minimum atomic E-state index is 0.150. The Morgan fingerprint density at radius 3 is 2.88 bits per heavy atom. The Kier molecular flexibility index (Phi) is 3.39. The number of benzene rings is 1. The molecule has 16 heavy (non-hydrogen) atoms. The number of Topliss-reactive ketones (excluding diaryl/α,β-unsaturated/α-hetero) is 1. The van der Waals surface area contributed by atoms with Gasteiger partial charge in [-0.15, -0.1) is 0 Å². The van der Waals surface area contributed by atoms with Gasteiger partial charge in [-0.05, 0) is 23.6 Å². The molecule has 1 aromatic carbocycles. The van der Waals surface area contributed by atoms with Crippen molar-refractivity contribution in [1.82, 2.24) is 5.32 Å². The fourth-order valence-corrected chi connectivity index (χ4v) is 2.30. The second-order valence-corrected chi connectivity index (χ2v) is 4.64. The first-order valence-corrected chi connectivity index (χ1v) is 6.09. The number of fused-ring (bicyclic) bond motifs is 1. The van der Waals surface area contributed by atoms with Crippen molar-refractivity contribution in [3.63, 3.8) is 0 Å². The van der Waals surface area contributed by atoms with Crippen molar-refractivity contribution < 1.29 is 4.79 Å². The van der Waals surface area contributed by atoms with E-state index in [-0.39, 0.29) is 11.7 Å². The molecule has 0 fully saturated rings. The highest BCUT2D eigenvalue weighted by Crippen LogP contribution is 2.20. The van der Waals surface area contributed by atoms with Gasteiger partial charge in [0.1, 0.15) is 0 Å². The molecular weight excluding hydrogens is 198 g/mol. The van der Waals surface area contributed by atoms with Gasteiger partial charge in [-0.2, -0.15) is 0 Å². The zero-order chi connectivity index (χ0) is 11.5. The second kappa shape index (κ2) is 4.79. The van der Waals surface area contributed by atoms with Crippen molar-refractivity contribution in [3.8, 4) is 0 Å². The lowest BCUT2D eigenvalue weighted by atomic mass is 9.93. The summed E-state index contributed by atoms with van der Waals surface area (Å²) < 4.78 is 0. The summed E-state index contributed by atoms with van der Waals surface area (Å²) >= 11 is 0. The topological polar surface area (TPSA) is 29.1 Å². The molecule has 0 saturated heterocycles. The maximum atomic E-state index is 12.1. The maximum Gasteiger partial charge on any atom is 0.165 e. The molecule has 86 valence electrons. The molecule has 0 bridgehead atoms. The average molecular weight is 217 g/mol. The lowest BCUT2D eigenvalue weighted by molar-refractivity contribution is 0.0923. The summed E-state index contributed by atoms with van der Waals surface area (Å²) in [5.74, 6) is 0.439. The van der Waals surface area contributed by atoms with Gasteiger partial charge in [-0.1, -0.05) is 32.4 Å². The van der Waals surface area contributed by atoms with Crippen LogP contribution in [-0.4, -0.2) is 5.78 Å². The first-order valence-electron chi connectivity index (χ1n) is 6.09. The van der Waals surface area contributed by atoms with Crippen LogP contribution in [0.3, 0.4) is 0 Å². The molecule has 2 rings (SSSR count). The van der Waals surface area contributed by atoms with Crippen LogP contribution < -0.4 is 5.32 Å². The van der Waals surface area contributed by atoms with Gasteiger partial charge in [-0.3, -0.25) is 4.79 Å². The van der Waals surface area contributed by atoms with Crippen molar-refractivity contribution in [1.29, 1.82) is 0 Å². The van der Waals surface area contributed by atoms with Gasteiger partial charge in [0.15, 0.2) is 5.78 Å². The third kappa shape index (κ3) is 2.17. The molecule has 0 aromatic heterocycles. The molecule has 2 nitrogen and oxygen atoms in total. The van der Waals surface area contributed by atoms with Crippen LogP contribution >= 0.6 is 0 Å². The Balaban J connectivity index is 2.18. The Labute approximate surface area is 97.1 Å². The SMILES string of the molecule is CCCC(C)C(=O)c1ccc2c(c1)CNC2. The molecule has 1 aliphatic rings. The predicted octanol–water partition coefficient (Wildman–Crippen LogP) is 2.91. The Morgan fingerprint density at radius 2 is 2.12 bits per heavy atom. The molecule has 0 amide bonds. The smallest absolute Gasteiger partial charge is 0.165 e. The number of hydrogen-bond acceptors (Lipinski definition) is 2. The van der Waals surface area contributed by atoms with E-state index in [1.54, 1.807) is 0 Å². The number of ketones is 1. The lowest BCUT2D eigenvalue weighted by Gasteiger charge is -2.10. The largest absolute Gasteiger partial charge is 0.309 e. The number of carbonyl (C=O) groups is 1. The summed E-state index contributed by atoms with van der Waals surface area (Å²) in [6.45, 7) is 5.99. The van der Waals surface area contributed by atoms with Crippen LogP contribution in [0.1, 0.15) is 48.2 Å². The number of rotatable bonds is 4.